The lowest BCUT2D eigenvalue weighted by Crippen LogP contribution is -2.30. The highest BCUT2D eigenvalue weighted by Gasteiger charge is 2.24. The number of carbonyl (C=O) groups is 1. The van der Waals surface area contributed by atoms with Gasteiger partial charge in [0.1, 0.15) is 12.3 Å². The first-order valence-corrected chi connectivity index (χ1v) is 12.3. The van der Waals surface area contributed by atoms with Crippen molar-refractivity contribution in [3.8, 4) is 5.75 Å². The molecule has 0 atom stereocenters. The van der Waals surface area contributed by atoms with Gasteiger partial charge in [0.2, 0.25) is 15.9 Å². The van der Waals surface area contributed by atoms with E-state index in [9.17, 15) is 13.2 Å². The maximum atomic E-state index is 13.0. The number of carbonyl (C=O) groups excluding carboxylic acids is 1. The van der Waals surface area contributed by atoms with E-state index in [1.165, 1.54) is 16.4 Å². The summed E-state index contributed by atoms with van der Waals surface area (Å²) in [5.74, 6) is 0.168. The average Bonchev–Trinajstić information content (AvgIpc) is 3.04. The molecule has 0 spiro atoms. The molecule has 0 radical (unpaired) electrons. The number of anilines is 1. The van der Waals surface area contributed by atoms with Gasteiger partial charge in [0, 0.05) is 24.3 Å². The van der Waals surface area contributed by atoms with Gasteiger partial charge >= 0.3 is 0 Å². The maximum Gasteiger partial charge on any atom is 0.244 e. The summed E-state index contributed by atoms with van der Waals surface area (Å²) in [6.45, 7) is 10.1. The van der Waals surface area contributed by atoms with Crippen LogP contribution in [0, 0.1) is 6.92 Å². The Morgan fingerprint density at radius 1 is 1.09 bits per heavy atom. The van der Waals surface area contributed by atoms with Crippen LogP contribution in [0.5, 0.6) is 5.75 Å². The Balaban J connectivity index is 1.94. The van der Waals surface area contributed by atoms with Gasteiger partial charge in [-0.25, -0.2) is 8.42 Å². The highest BCUT2D eigenvalue weighted by molar-refractivity contribution is 7.89. The standard InChI is InChI=1S/C24H31N3O4S/c1-6-26(7-2)32(29,30)20-12-13-23(31-17(3)4)21(15-20)25-24(28)16-27-18(5)14-19-10-8-9-11-22(19)27/h8-15,17H,6-7,16H2,1-5H3,(H,25,28). The number of amides is 1. The third kappa shape index (κ3) is 4.97. The third-order valence-corrected chi connectivity index (χ3v) is 7.30. The Labute approximate surface area is 190 Å². The van der Waals surface area contributed by atoms with Crippen molar-refractivity contribution in [1.82, 2.24) is 8.87 Å². The van der Waals surface area contributed by atoms with Gasteiger partial charge in [0.05, 0.1) is 16.7 Å². The van der Waals surface area contributed by atoms with E-state index in [0.717, 1.165) is 16.6 Å². The van der Waals surface area contributed by atoms with Crippen molar-refractivity contribution in [2.24, 2.45) is 0 Å². The van der Waals surface area contributed by atoms with E-state index >= 15 is 0 Å². The first kappa shape index (κ1) is 23.8. The minimum absolute atomic E-state index is 0.105. The summed E-state index contributed by atoms with van der Waals surface area (Å²) in [6, 6.07) is 14.5. The fourth-order valence-electron chi connectivity index (χ4n) is 3.73. The number of benzene rings is 2. The molecule has 0 aliphatic rings. The number of sulfonamides is 1. The van der Waals surface area contributed by atoms with Crippen molar-refractivity contribution in [3.63, 3.8) is 0 Å². The Hall–Kier alpha value is -2.84. The maximum absolute atomic E-state index is 13.0. The molecule has 0 saturated heterocycles. The van der Waals surface area contributed by atoms with Crippen LogP contribution in [0.3, 0.4) is 0 Å². The van der Waals surface area contributed by atoms with Gasteiger partial charge in [-0.15, -0.1) is 0 Å². The van der Waals surface area contributed by atoms with Crippen molar-refractivity contribution < 1.29 is 17.9 Å². The molecule has 0 saturated carbocycles. The second kappa shape index (κ2) is 9.75. The normalized spacial score (nSPS) is 12.0. The van der Waals surface area contributed by atoms with Gasteiger partial charge in [0.25, 0.3) is 0 Å². The van der Waals surface area contributed by atoms with E-state index in [4.69, 9.17) is 4.74 Å². The zero-order valence-electron chi connectivity index (χ0n) is 19.3. The highest BCUT2D eigenvalue weighted by Crippen LogP contribution is 2.30. The zero-order valence-corrected chi connectivity index (χ0v) is 20.1. The van der Waals surface area contributed by atoms with Crippen LogP contribution >= 0.6 is 0 Å². The minimum atomic E-state index is -3.67. The van der Waals surface area contributed by atoms with E-state index in [0.29, 0.717) is 24.5 Å². The second-order valence-electron chi connectivity index (χ2n) is 7.89. The topological polar surface area (TPSA) is 80.6 Å². The first-order valence-electron chi connectivity index (χ1n) is 10.8. The summed E-state index contributed by atoms with van der Waals surface area (Å²) >= 11 is 0. The van der Waals surface area contributed by atoms with Gasteiger partial charge < -0.3 is 14.6 Å². The number of rotatable bonds is 9. The molecule has 0 aliphatic heterocycles. The minimum Gasteiger partial charge on any atom is -0.489 e. The van der Waals surface area contributed by atoms with Crippen LogP contribution in [0.1, 0.15) is 33.4 Å². The molecule has 172 valence electrons. The number of nitrogens with one attached hydrogen (secondary N) is 1. The molecule has 8 heteroatoms. The van der Waals surface area contributed by atoms with E-state index in [2.05, 4.69) is 5.32 Å². The zero-order chi connectivity index (χ0) is 23.5. The fourth-order valence-corrected chi connectivity index (χ4v) is 5.21. The molecule has 1 amide bonds. The lowest BCUT2D eigenvalue weighted by molar-refractivity contribution is -0.116. The van der Waals surface area contributed by atoms with Crippen LogP contribution in [0.2, 0.25) is 0 Å². The second-order valence-corrected chi connectivity index (χ2v) is 9.83. The Morgan fingerprint density at radius 3 is 2.44 bits per heavy atom. The lowest BCUT2D eigenvalue weighted by Gasteiger charge is -2.21. The largest absolute Gasteiger partial charge is 0.489 e. The van der Waals surface area contributed by atoms with Crippen LogP contribution in [0.4, 0.5) is 5.69 Å². The van der Waals surface area contributed by atoms with Crippen LogP contribution in [0.25, 0.3) is 10.9 Å². The quantitative estimate of drug-likeness (QED) is 0.516. The predicted octanol–water partition coefficient (Wildman–Crippen LogP) is 4.41. The number of ether oxygens (including phenoxy) is 1. The summed E-state index contributed by atoms with van der Waals surface area (Å²) in [4.78, 5) is 13.1. The van der Waals surface area contributed by atoms with Crippen molar-refractivity contribution in [1.29, 1.82) is 0 Å². The Morgan fingerprint density at radius 2 is 1.78 bits per heavy atom. The summed E-state index contributed by atoms with van der Waals surface area (Å²) in [5, 5.41) is 3.93. The van der Waals surface area contributed by atoms with Crippen LogP contribution in [-0.4, -0.2) is 42.4 Å². The fraction of sp³-hybridized carbons (Fsp3) is 0.375. The molecule has 3 rings (SSSR count). The van der Waals surface area contributed by atoms with E-state index in [-0.39, 0.29) is 23.5 Å². The number of aryl methyl sites for hydroxylation is 1. The number of hydrogen-bond donors (Lipinski definition) is 1. The number of fused-ring (bicyclic) bond motifs is 1. The molecule has 7 nitrogen and oxygen atoms in total. The van der Waals surface area contributed by atoms with Crippen molar-refractivity contribution in [2.75, 3.05) is 18.4 Å². The smallest absolute Gasteiger partial charge is 0.244 e. The molecular weight excluding hydrogens is 426 g/mol. The van der Waals surface area contributed by atoms with E-state index in [1.54, 1.807) is 19.9 Å². The molecule has 1 aromatic heterocycles. The molecule has 0 aliphatic carbocycles. The molecule has 0 fully saturated rings. The SMILES string of the molecule is CCN(CC)S(=O)(=O)c1ccc(OC(C)C)c(NC(=O)Cn2c(C)cc3ccccc32)c1. The van der Waals surface area contributed by atoms with Gasteiger partial charge in [-0.05, 0) is 56.5 Å². The first-order chi connectivity index (χ1) is 15.2. The summed E-state index contributed by atoms with van der Waals surface area (Å²) < 4.78 is 35.1. The van der Waals surface area contributed by atoms with Crippen LogP contribution < -0.4 is 10.1 Å². The van der Waals surface area contributed by atoms with Crippen LogP contribution in [-0.2, 0) is 21.4 Å². The van der Waals surface area contributed by atoms with E-state index < -0.39 is 10.0 Å². The molecule has 1 heterocycles. The molecule has 0 unspecified atom stereocenters. The van der Waals surface area contributed by atoms with Gasteiger partial charge in [-0.3, -0.25) is 4.79 Å². The molecule has 1 N–H and O–H groups in total. The molecular formula is C24H31N3O4S. The Bertz CT molecular complexity index is 1210. The van der Waals surface area contributed by atoms with Gasteiger partial charge in [-0.1, -0.05) is 32.0 Å². The number of hydrogen-bond acceptors (Lipinski definition) is 4. The molecule has 2 aromatic carbocycles. The summed E-state index contributed by atoms with van der Waals surface area (Å²) in [5.41, 5.74) is 2.28. The predicted molar refractivity (Wildman–Crippen MR) is 128 cm³/mol. The molecule has 3 aromatic rings. The number of nitrogens with zero attached hydrogens (tertiary/aromatic N) is 2. The van der Waals surface area contributed by atoms with E-state index in [1.807, 2.05) is 55.7 Å². The summed E-state index contributed by atoms with van der Waals surface area (Å²) in [6.07, 6.45) is -0.133. The van der Waals surface area contributed by atoms with Crippen molar-refractivity contribution >= 4 is 32.5 Å². The van der Waals surface area contributed by atoms with Gasteiger partial charge in [0.15, 0.2) is 0 Å². The van der Waals surface area contributed by atoms with Crippen LogP contribution in [0.15, 0.2) is 53.4 Å². The lowest BCUT2D eigenvalue weighted by atomic mass is 10.2. The van der Waals surface area contributed by atoms with Gasteiger partial charge in [-0.2, -0.15) is 4.31 Å². The molecule has 0 bridgehead atoms. The summed E-state index contributed by atoms with van der Waals surface area (Å²) in [7, 11) is -3.67. The highest BCUT2D eigenvalue weighted by atomic mass is 32.2. The number of aromatic nitrogens is 1. The van der Waals surface area contributed by atoms with Crippen molar-refractivity contribution in [2.45, 2.75) is 52.2 Å². The molecule has 32 heavy (non-hydrogen) atoms. The average molecular weight is 458 g/mol. The monoisotopic (exact) mass is 457 g/mol. The van der Waals surface area contributed by atoms with Crippen molar-refractivity contribution in [3.05, 3.63) is 54.2 Å². The Kier molecular flexibility index (Phi) is 7.26. The third-order valence-electron chi connectivity index (χ3n) is 5.25. The number of para-hydroxylation sites is 1.